The summed E-state index contributed by atoms with van der Waals surface area (Å²) in [4.78, 5) is 2.43. The first-order valence-corrected chi connectivity index (χ1v) is 7.18. The molecule has 1 aromatic carbocycles. The Labute approximate surface area is 119 Å². The minimum Gasteiger partial charge on any atom is -0.361 e. The van der Waals surface area contributed by atoms with Crippen LogP contribution in [0.2, 0.25) is 0 Å². The SMILES string of the molecule is Fc1ccccc1NC(=S)NCCN1CCCCC1. The van der Waals surface area contributed by atoms with Crippen LogP contribution in [0, 0.1) is 5.82 Å². The fourth-order valence-corrected chi connectivity index (χ4v) is 2.45. The zero-order chi connectivity index (χ0) is 13.5. The molecule has 1 aliphatic rings. The number of nitrogens with one attached hydrogen (secondary N) is 2. The average Bonchev–Trinajstić information content (AvgIpc) is 2.43. The second-order valence-corrected chi connectivity index (χ2v) is 5.17. The molecule has 0 unspecified atom stereocenters. The molecule has 104 valence electrons. The molecule has 0 atom stereocenters. The van der Waals surface area contributed by atoms with Gasteiger partial charge in [-0.1, -0.05) is 18.6 Å². The van der Waals surface area contributed by atoms with E-state index in [2.05, 4.69) is 15.5 Å². The summed E-state index contributed by atoms with van der Waals surface area (Å²) in [5, 5.41) is 6.47. The first-order chi connectivity index (χ1) is 9.25. The minimum absolute atomic E-state index is 0.289. The van der Waals surface area contributed by atoms with Crippen molar-refractivity contribution in [2.75, 3.05) is 31.5 Å². The zero-order valence-corrected chi connectivity index (χ0v) is 11.8. The largest absolute Gasteiger partial charge is 0.361 e. The van der Waals surface area contributed by atoms with E-state index < -0.39 is 0 Å². The number of para-hydroxylation sites is 1. The van der Waals surface area contributed by atoms with Gasteiger partial charge in [0.15, 0.2) is 5.11 Å². The van der Waals surface area contributed by atoms with Gasteiger partial charge in [-0.2, -0.15) is 0 Å². The number of halogens is 1. The van der Waals surface area contributed by atoms with Crippen molar-refractivity contribution in [2.24, 2.45) is 0 Å². The number of benzene rings is 1. The smallest absolute Gasteiger partial charge is 0.170 e. The van der Waals surface area contributed by atoms with Crippen molar-refractivity contribution < 1.29 is 4.39 Å². The molecule has 0 saturated carbocycles. The van der Waals surface area contributed by atoms with Gasteiger partial charge >= 0.3 is 0 Å². The van der Waals surface area contributed by atoms with Gasteiger partial charge in [-0.25, -0.2) is 4.39 Å². The van der Waals surface area contributed by atoms with Crippen molar-refractivity contribution in [1.82, 2.24) is 10.2 Å². The van der Waals surface area contributed by atoms with Gasteiger partial charge in [0.25, 0.3) is 0 Å². The molecule has 0 radical (unpaired) electrons. The fourth-order valence-electron chi connectivity index (χ4n) is 2.24. The van der Waals surface area contributed by atoms with Crippen molar-refractivity contribution in [3.8, 4) is 0 Å². The highest BCUT2D eigenvalue weighted by Gasteiger charge is 2.09. The normalized spacial score (nSPS) is 16.1. The molecule has 19 heavy (non-hydrogen) atoms. The number of hydrogen-bond acceptors (Lipinski definition) is 2. The summed E-state index contributed by atoms with van der Waals surface area (Å²) in [5.74, 6) is -0.289. The number of thiocarbonyl (C=S) groups is 1. The maximum absolute atomic E-state index is 13.4. The van der Waals surface area contributed by atoms with Gasteiger partial charge in [-0.3, -0.25) is 0 Å². The molecule has 1 aliphatic heterocycles. The molecule has 1 heterocycles. The number of nitrogens with zero attached hydrogens (tertiary/aromatic N) is 1. The summed E-state index contributed by atoms with van der Waals surface area (Å²) in [6.07, 6.45) is 3.92. The lowest BCUT2D eigenvalue weighted by Crippen LogP contribution is -2.39. The summed E-state index contributed by atoms with van der Waals surface area (Å²) in [5.41, 5.74) is 0.415. The van der Waals surface area contributed by atoms with E-state index in [9.17, 15) is 4.39 Å². The summed E-state index contributed by atoms with van der Waals surface area (Å²) in [7, 11) is 0. The molecular weight excluding hydrogens is 261 g/mol. The second kappa shape index (κ2) is 7.40. The predicted molar refractivity (Wildman–Crippen MR) is 80.9 cm³/mol. The fraction of sp³-hybridized carbons (Fsp3) is 0.500. The van der Waals surface area contributed by atoms with Crippen LogP contribution in [0.1, 0.15) is 19.3 Å². The molecule has 1 fully saturated rings. The van der Waals surface area contributed by atoms with Crippen molar-refractivity contribution in [3.63, 3.8) is 0 Å². The molecular formula is C14H20FN3S. The molecule has 0 amide bonds. The van der Waals surface area contributed by atoms with E-state index in [0.29, 0.717) is 10.8 Å². The Bertz CT molecular complexity index is 419. The van der Waals surface area contributed by atoms with Gasteiger partial charge < -0.3 is 15.5 Å². The highest BCUT2D eigenvalue weighted by molar-refractivity contribution is 7.80. The summed E-state index contributed by atoms with van der Waals surface area (Å²) in [6.45, 7) is 4.13. The first kappa shape index (κ1) is 14.2. The molecule has 0 spiro atoms. The lowest BCUT2D eigenvalue weighted by Gasteiger charge is -2.26. The van der Waals surface area contributed by atoms with E-state index in [0.717, 1.165) is 13.1 Å². The van der Waals surface area contributed by atoms with Crippen LogP contribution in [0.5, 0.6) is 0 Å². The number of anilines is 1. The molecule has 3 nitrogen and oxygen atoms in total. The molecule has 0 aliphatic carbocycles. The highest BCUT2D eigenvalue weighted by Crippen LogP contribution is 2.12. The van der Waals surface area contributed by atoms with Crippen LogP contribution in [-0.2, 0) is 0 Å². The molecule has 5 heteroatoms. The predicted octanol–water partition coefficient (Wildman–Crippen LogP) is 2.60. The number of rotatable bonds is 4. The van der Waals surface area contributed by atoms with E-state index in [1.54, 1.807) is 18.2 Å². The monoisotopic (exact) mass is 281 g/mol. The number of likely N-dealkylation sites (tertiary alicyclic amines) is 1. The average molecular weight is 281 g/mol. The van der Waals surface area contributed by atoms with Gasteiger partial charge in [-0.05, 0) is 50.3 Å². The minimum atomic E-state index is -0.289. The van der Waals surface area contributed by atoms with E-state index in [4.69, 9.17) is 12.2 Å². The van der Waals surface area contributed by atoms with Gasteiger partial charge in [0.2, 0.25) is 0 Å². The Hall–Kier alpha value is -1.20. The molecule has 2 rings (SSSR count). The first-order valence-electron chi connectivity index (χ1n) is 6.77. The van der Waals surface area contributed by atoms with Crippen LogP contribution < -0.4 is 10.6 Å². The van der Waals surface area contributed by atoms with E-state index in [1.165, 1.54) is 38.4 Å². The quantitative estimate of drug-likeness (QED) is 0.830. The zero-order valence-electron chi connectivity index (χ0n) is 11.0. The molecule has 0 bridgehead atoms. The maximum atomic E-state index is 13.4. The second-order valence-electron chi connectivity index (χ2n) is 4.76. The Morgan fingerprint density at radius 2 is 1.95 bits per heavy atom. The highest BCUT2D eigenvalue weighted by atomic mass is 32.1. The molecule has 2 N–H and O–H groups in total. The van der Waals surface area contributed by atoms with Crippen molar-refractivity contribution in [3.05, 3.63) is 30.1 Å². The lowest BCUT2D eigenvalue weighted by molar-refractivity contribution is 0.232. The number of hydrogen-bond donors (Lipinski definition) is 2. The van der Waals surface area contributed by atoms with Crippen LogP contribution in [0.25, 0.3) is 0 Å². The Morgan fingerprint density at radius 3 is 2.68 bits per heavy atom. The van der Waals surface area contributed by atoms with Crippen LogP contribution in [0.3, 0.4) is 0 Å². The maximum Gasteiger partial charge on any atom is 0.170 e. The van der Waals surface area contributed by atoms with E-state index in [-0.39, 0.29) is 5.82 Å². The van der Waals surface area contributed by atoms with E-state index >= 15 is 0 Å². The molecule has 1 saturated heterocycles. The van der Waals surface area contributed by atoms with Crippen LogP contribution in [0.15, 0.2) is 24.3 Å². The third-order valence-electron chi connectivity index (χ3n) is 3.28. The van der Waals surface area contributed by atoms with Crippen LogP contribution >= 0.6 is 12.2 Å². The van der Waals surface area contributed by atoms with E-state index in [1.807, 2.05) is 0 Å². The topological polar surface area (TPSA) is 27.3 Å². The van der Waals surface area contributed by atoms with Crippen molar-refractivity contribution in [1.29, 1.82) is 0 Å². The van der Waals surface area contributed by atoms with Gasteiger partial charge in [0, 0.05) is 13.1 Å². The molecule has 0 aromatic heterocycles. The van der Waals surface area contributed by atoms with Gasteiger partial charge in [0.1, 0.15) is 5.82 Å². The van der Waals surface area contributed by atoms with Crippen LogP contribution in [-0.4, -0.2) is 36.2 Å². The third kappa shape index (κ3) is 4.76. The Balaban J connectivity index is 1.68. The summed E-state index contributed by atoms with van der Waals surface area (Å²) < 4.78 is 13.4. The summed E-state index contributed by atoms with van der Waals surface area (Å²) in [6, 6.07) is 6.53. The summed E-state index contributed by atoms with van der Waals surface area (Å²) >= 11 is 5.16. The van der Waals surface area contributed by atoms with Crippen molar-refractivity contribution in [2.45, 2.75) is 19.3 Å². The third-order valence-corrected chi connectivity index (χ3v) is 3.53. The Kier molecular flexibility index (Phi) is 5.54. The number of piperidine rings is 1. The van der Waals surface area contributed by atoms with Gasteiger partial charge in [-0.15, -0.1) is 0 Å². The van der Waals surface area contributed by atoms with Crippen molar-refractivity contribution >= 4 is 23.0 Å². The van der Waals surface area contributed by atoms with Gasteiger partial charge in [0.05, 0.1) is 5.69 Å². The van der Waals surface area contributed by atoms with Crippen LogP contribution in [0.4, 0.5) is 10.1 Å². The Morgan fingerprint density at radius 1 is 1.21 bits per heavy atom. The molecule has 1 aromatic rings. The lowest BCUT2D eigenvalue weighted by atomic mass is 10.1. The standard InChI is InChI=1S/C14H20FN3S/c15-12-6-2-3-7-13(12)17-14(19)16-8-11-18-9-4-1-5-10-18/h2-3,6-7H,1,4-5,8-11H2,(H2,16,17,19).